The van der Waals surface area contributed by atoms with Crippen molar-refractivity contribution in [3.63, 3.8) is 0 Å². The first-order valence-corrected chi connectivity index (χ1v) is 4.60. The highest BCUT2D eigenvalue weighted by atomic mass is 16.5. The molecule has 0 amide bonds. The van der Waals surface area contributed by atoms with Crippen LogP contribution in [0, 0.1) is 0 Å². The molecular weight excluding hydrogens is 180 g/mol. The van der Waals surface area contributed by atoms with E-state index in [1.54, 1.807) is 0 Å². The maximum absolute atomic E-state index is 9.85. The summed E-state index contributed by atoms with van der Waals surface area (Å²) in [5.41, 5.74) is 2.11. The summed E-state index contributed by atoms with van der Waals surface area (Å²) in [5.74, 6) is 0. The molecule has 3 nitrogen and oxygen atoms in total. The van der Waals surface area contributed by atoms with Gasteiger partial charge in [0.2, 0.25) is 0 Å². The smallest absolute Gasteiger partial charge is 0.293 e. The minimum atomic E-state index is 0.0779. The van der Waals surface area contributed by atoms with Gasteiger partial charge in [0.15, 0.2) is 0 Å². The van der Waals surface area contributed by atoms with Crippen molar-refractivity contribution in [2.75, 3.05) is 6.61 Å². The van der Waals surface area contributed by atoms with Crippen LogP contribution in [0.2, 0.25) is 0 Å². The Morgan fingerprint density at radius 2 is 1.86 bits per heavy atom. The molecule has 3 heteroatoms. The van der Waals surface area contributed by atoms with Crippen LogP contribution in [0.5, 0.6) is 0 Å². The molecule has 1 N–H and O–H groups in total. The van der Waals surface area contributed by atoms with Gasteiger partial charge in [-0.05, 0) is 24.0 Å². The Morgan fingerprint density at radius 3 is 2.43 bits per heavy atom. The number of hydrogen-bond acceptors (Lipinski definition) is 3. The molecule has 14 heavy (non-hydrogen) atoms. The zero-order chi connectivity index (χ0) is 10.2. The van der Waals surface area contributed by atoms with Gasteiger partial charge in [0, 0.05) is 0 Å². The first-order valence-electron chi connectivity index (χ1n) is 4.60. The maximum Gasteiger partial charge on any atom is 0.293 e. The largest absolute Gasteiger partial charge is 0.468 e. The molecule has 0 saturated heterocycles. The molecule has 0 saturated carbocycles. The Morgan fingerprint density at radius 1 is 1.21 bits per heavy atom. The standard InChI is InChI=1S/C11H14O3/c12-8-11-5-3-10(4-6-11)2-1-7-14-9-13/h3-6,9,12H,1-2,7-8H2. The molecule has 0 fully saturated rings. The lowest BCUT2D eigenvalue weighted by Crippen LogP contribution is -1.94. The molecule has 76 valence electrons. The van der Waals surface area contributed by atoms with Crippen molar-refractivity contribution >= 4 is 6.47 Å². The van der Waals surface area contributed by atoms with E-state index in [0.29, 0.717) is 13.1 Å². The topological polar surface area (TPSA) is 46.5 Å². The van der Waals surface area contributed by atoms with Gasteiger partial charge in [-0.1, -0.05) is 24.3 Å². The normalized spacial score (nSPS) is 9.79. The highest BCUT2D eigenvalue weighted by Crippen LogP contribution is 2.06. The second kappa shape index (κ2) is 6.16. The summed E-state index contributed by atoms with van der Waals surface area (Å²) >= 11 is 0. The molecular formula is C11H14O3. The Kier molecular flexibility index (Phi) is 4.72. The molecule has 0 unspecified atom stereocenters. The van der Waals surface area contributed by atoms with Crippen LogP contribution in [-0.2, 0) is 22.6 Å². The van der Waals surface area contributed by atoms with E-state index in [9.17, 15) is 4.79 Å². The number of aryl methyl sites for hydroxylation is 1. The van der Waals surface area contributed by atoms with Crippen LogP contribution in [0.4, 0.5) is 0 Å². The highest BCUT2D eigenvalue weighted by Gasteiger charge is 1.94. The van der Waals surface area contributed by atoms with Gasteiger partial charge in [-0.15, -0.1) is 0 Å². The number of carbonyl (C=O) groups excluding carboxylic acids is 1. The second-order valence-electron chi connectivity index (χ2n) is 3.05. The summed E-state index contributed by atoms with van der Waals surface area (Å²) in [4.78, 5) is 9.85. The van der Waals surface area contributed by atoms with E-state index in [0.717, 1.165) is 18.4 Å². The van der Waals surface area contributed by atoms with Crippen molar-refractivity contribution in [3.8, 4) is 0 Å². The molecule has 0 aliphatic carbocycles. The van der Waals surface area contributed by atoms with Gasteiger partial charge in [0.25, 0.3) is 6.47 Å². The molecule has 0 spiro atoms. The third-order valence-corrected chi connectivity index (χ3v) is 2.00. The van der Waals surface area contributed by atoms with E-state index >= 15 is 0 Å². The molecule has 0 atom stereocenters. The van der Waals surface area contributed by atoms with Crippen molar-refractivity contribution in [3.05, 3.63) is 35.4 Å². The van der Waals surface area contributed by atoms with Gasteiger partial charge in [-0.2, -0.15) is 0 Å². The van der Waals surface area contributed by atoms with Crippen molar-refractivity contribution in [2.45, 2.75) is 19.4 Å². The van der Waals surface area contributed by atoms with Crippen LogP contribution in [0.3, 0.4) is 0 Å². The fraction of sp³-hybridized carbons (Fsp3) is 0.364. The average Bonchev–Trinajstić information content (AvgIpc) is 2.25. The fourth-order valence-electron chi connectivity index (χ4n) is 1.22. The lowest BCUT2D eigenvalue weighted by Gasteiger charge is -2.01. The van der Waals surface area contributed by atoms with E-state index in [1.165, 1.54) is 5.56 Å². The summed E-state index contributed by atoms with van der Waals surface area (Å²) in [7, 11) is 0. The lowest BCUT2D eigenvalue weighted by atomic mass is 10.1. The third-order valence-electron chi connectivity index (χ3n) is 2.00. The number of aliphatic hydroxyl groups is 1. The van der Waals surface area contributed by atoms with Crippen molar-refractivity contribution in [1.82, 2.24) is 0 Å². The quantitative estimate of drug-likeness (QED) is 0.548. The van der Waals surface area contributed by atoms with Gasteiger partial charge < -0.3 is 9.84 Å². The van der Waals surface area contributed by atoms with E-state index in [4.69, 9.17) is 5.11 Å². The number of hydrogen-bond donors (Lipinski definition) is 1. The number of carbonyl (C=O) groups is 1. The zero-order valence-corrected chi connectivity index (χ0v) is 7.98. The van der Waals surface area contributed by atoms with Crippen LogP contribution >= 0.6 is 0 Å². The number of ether oxygens (including phenoxy) is 1. The van der Waals surface area contributed by atoms with Gasteiger partial charge >= 0.3 is 0 Å². The van der Waals surface area contributed by atoms with Crippen molar-refractivity contribution in [2.24, 2.45) is 0 Å². The molecule has 1 rings (SSSR count). The molecule has 0 heterocycles. The Labute approximate surface area is 83.3 Å². The van der Waals surface area contributed by atoms with E-state index < -0.39 is 0 Å². The SMILES string of the molecule is O=COCCCc1ccc(CO)cc1. The highest BCUT2D eigenvalue weighted by molar-refractivity contribution is 5.36. The van der Waals surface area contributed by atoms with Gasteiger partial charge in [-0.25, -0.2) is 0 Å². The van der Waals surface area contributed by atoms with E-state index in [1.807, 2.05) is 24.3 Å². The minimum absolute atomic E-state index is 0.0779. The van der Waals surface area contributed by atoms with Gasteiger partial charge in [0.1, 0.15) is 0 Å². The van der Waals surface area contributed by atoms with E-state index in [2.05, 4.69) is 4.74 Å². The summed E-state index contributed by atoms with van der Waals surface area (Å²) in [5, 5.41) is 8.82. The van der Waals surface area contributed by atoms with Crippen molar-refractivity contribution in [1.29, 1.82) is 0 Å². The molecule has 0 aliphatic rings. The number of benzene rings is 1. The average molecular weight is 194 g/mol. The fourth-order valence-corrected chi connectivity index (χ4v) is 1.22. The first kappa shape index (κ1) is 10.7. The molecule has 0 aliphatic heterocycles. The first-order chi connectivity index (χ1) is 6.86. The van der Waals surface area contributed by atoms with Crippen LogP contribution in [0.15, 0.2) is 24.3 Å². The summed E-state index contributed by atoms with van der Waals surface area (Å²) in [6.45, 7) is 1.01. The van der Waals surface area contributed by atoms with Gasteiger partial charge in [-0.3, -0.25) is 4.79 Å². The zero-order valence-electron chi connectivity index (χ0n) is 7.98. The predicted molar refractivity (Wildman–Crippen MR) is 52.7 cm³/mol. The molecule has 1 aromatic carbocycles. The third kappa shape index (κ3) is 3.58. The minimum Gasteiger partial charge on any atom is -0.468 e. The molecule has 0 aromatic heterocycles. The van der Waals surface area contributed by atoms with Crippen molar-refractivity contribution < 1.29 is 14.6 Å². The second-order valence-corrected chi connectivity index (χ2v) is 3.05. The molecule has 0 radical (unpaired) electrons. The Hall–Kier alpha value is -1.35. The summed E-state index contributed by atoms with van der Waals surface area (Å²) < 4.78 is 4.58. The Bertz CT molecular complexity index is 266. The van der Waals surface area contributed by atoms with Crippen LogP contribution in [-0.4, -0.2) is 18.2 Å². The number of rotatable bonds is 6. The van der Waals surface area contributed by atoms with Crippen LogP contribution in [0.25, 0.3) is 0 Å². The molecule has 0 bridgehead atoms. The van der Waals surface area contributed by atoms with Crippen LogP contribution in [0.1, 0.15) is 17.5 Å². The predicted octanol–water partition coefficient (Wildman–Crippen LogP) is 1.28. The van der Waals surface area contributed by atoms with Crippen LogP contribution < -0.4 is 0 Å². The summed E-state index contributed by atoms with van der Waals surface area (Å²) in [6.07, 6.45) is 1.72. The lowest BCUT2D eigenvalue weighted by molar-refractivity contribution is -0.128. The summed E-state index contributed by atoms with van der Waals surface area (Å²) in [6, 6.07) is 7.75. The monoisotopic (exact) mass is 194 g/mol. The Balaban J connectivity index is 2.32. The molecule has 1 aromatic rings. The van der Waals surface area contributed by atoms with Gasteiger partial charge in [0.05, 0.1) is 13.2 Å². The number of aliphatic hydroxyl groups excluding tert-OH is 1. The van der Waals surface area contributed by atoms with E-state index in [-0.39, 0.29) is 6.61 Å². The maximum atomic E-state index is 9.85.